The maximum absolute atomic E-state index is 12.7. The fourth-order valence-electron chi connectivity index (χ4n) is 3.72. The molecule has 3 aromatic rings. The van der Waals surface area contributed by atoms with Gasteiger partial charge in [-0.15, -0.1) is 13.2 Å². The molecule has 0 spiro atoms. The zero-order chi connectivity index (χ0) is 22.6. The van der Waals surface area contributed by atoms with Crippen LogP contribution in [0.1, 0.15) is 32.1 Å². The van der Waals surface area contributed by atoms with E-state index in [2.05, 4.69) is 25.3 Å². The molecule has 2 N–H and O–H groups in total. The number of alkyl halides is 3. The molecule has 1 saturated carbocycles. The van der Waals surface area contributed by atoms with E-state index in [0.29, 0.717) is 28.0 Å². The molecular weight excluding hydrogens is 441 g/mol. The largest absolute Gasteiger partial charge is 0.573 e. The number of halogens is 4. The van der Waals surface area contributed by atoms with E-state index in [1.165, 1.54) is 24.6 Å². The van der Waals surface area contributed by atoms with Crippen LogP contribution in [-0.4, -0.2) is 22.4 Å². The minimum atomic E-state index is -4.77. The highest BCUT2D eigenvalue weighted by Gasteiger charge is 2.31. The van der Waals surface area contributed by atoms with Gasteiger partial charge in [-0.2, -0.15) is 4.98 Å². The first kappa shape index (κ1) is 22.2. The summed E-state index contributed by atoms with van der Waals surface area (Å²) in [5.74, 6) is 0.610. The normalized spacial score (nSPS) is 14.8. The number of anilines is 3. The van der Waals surface area contributed by atoms with Crippen molar-refractivity contribution in [2.24, 2.45) is 0 Å². The summed E-state index contributed by atoms with van der Waals surface area (Å²) < 4.78 is 42.0. The first-order chi connectivity index (χ1) is 15.3. The highest BCUT2D eigenvalue weighted by molar-refractivity contribution is 6.30. The second-order valence-corrected chi connectivity index (χ2v) is 8.09. The van der Waals surface area contributed by atoms with Gasteiger partial charge in [-0.3, -0.25) is 0 Å². The van der Waals surface area contributed by atoms with Crippen LogP contribution in [0.2, 0.25) is 5.02 Å². The van der Waals surface area contributed by atoms with Gasteiger partial charge in [-0.25, -0.2) is 4.98 Å². The fourth-order valence-corrected chi connectivity index (χ4v) is 3.91. The van der Waals surface area contributed by atoms with Gasteiger partial charge in [0.1, 0.15) is 11.6 Å². The van der Waals surface area contributed by atoms with Gasteiger partial charge < -0.3 is 15.4 Å². The molecule has 32 heavy (non-hydrogen) atoms. The van der Waals surface area contributed by atoms with Crippen LogP contribution in [0.5, 0.6) is 5.75 Å². The number of hydrogen-bond donors (Lipinski definition) is 2. The van der Waals surface area contributed by atoms with Gasteiger partial charge in [0.25, 0.3) is 0 Å². The summed E-state index contributed by atoms with van der Waals surface area (Å²) in [6.07, 6.45) is 0.784. The average Bonchev–Trinajstić information content (AvgIpc) is 2.73. The van der Waals surface area contributed by atoms with Crippen molar-refractivity contribution in [3.8, 4) is 17.0 Å². The quantitative estimate of drug-likeness (QED) is 0.406. The maximum Gasteiger partial charge on any atom is 0.573 e. The van der Waals surface area contributed by atoms with Crippen LogP contribution in [0, 0.1) is 0 Å². The molecule has 1 aromatic heterocycles. The third kappa shape index (κ3) is 6.26. The maximum atomic E-state index is 12.7. The Kier molecular flexibility index (Phi) is 6.69. The molecule has 1 aliphatic carbocycles. The molecule has 168 valence electrons. The van der Waals surface area contributed by atoms with Gasteiger partial charge in [0, 0.05) is 28.4 Å². The highest BCUT2D eigenvalue weighted by Crippen LogP contribution is 2.30. The van der Waals surface area contributed by atoms with Crippen molar-refractivity contribution < 1.29 is 17.9 Å². The molecule has 9 heteroatoms. The summed E-state index contributed by atoms with van der Waals surface area (Å²) in [5.41, 5.74) is 1.69. The lowest BCUT2D eigenvalue weighted by Gasteiger charge is -2.23. The average molecular weight is 463 g/mol. The van der Waals surface area contributed by atoms with Crippen LogP contribution in [0.15, 0.2) is 54.6 Å². The Balaban J connectivity index is 1.67. The number of rotatable bonds is 6. The van der Waals surface area contributed by atoms with Crippen LogP contribution in [0.25, 0.3) is 11.3 Å². The van der Waals surface area contributed by atoms with E-state index in [1.807, 2.05) is 12.1 Å². The smallest absolute Gasteiger partial charge is 0.406 e. The molecule has 1 heterocycles. The van der Waals surface area contributed by atoms with E-state index in [1.54, 1.807) is 24.3 Å². The van der Waals surface area contributed by atoms with Crippen molar-refractivity contribution in [1.82, 2.24) is 9.97 Å². The molecule has 5 nitrogen and oxygen atoms in total. The second-order valence-electron chi connectivity index (χ2n) is 7.65. The van der Waals surface area contributed by atoms with Crippen molar-refractivity contribution >= 4 is 29.1 Å². The van der Waals surface area contributed by atoms with Gasteiger partial charge in [0.05, 0.1) is 5.69 Å². The van der Waals surface area contributed by atoms with E-state index in [-0.39, 0.29) is 11.8 Å². The third-order valence-corrected chi connectivity index (χ3v) is 5.36. The summed E-state index contributed by atoms with van der Waals surface area (Å²) in [6.45, 7) is 0. The Morgan fingerprint density at radius 2 is 1.72 bits per heavy atom. The molecule has 0 unspecified atom stereocenters. The summed E-state index contributed by atoms with van der Waals surface area (Å²) in [6, 6.07) is 14.9. The van der Waals surface area contributed by atoms with E-state index in [0.717, 1.165) is 31.4 Å². The molecule has 0 amide bonds. The van der Waals surface area contributed by atoms with Gasteiger partial charge >= 0.3 is 6.36 Å². The number of nitrogens with zero attached hydrogens (tertiary/aromatic N) is 2. The Morgan fingerprint density at radius 3 is 2.47 bits per heavy atom. The van der Waals surface area contributed by atoms with Gasteiger partial charge in [0.15, 0.2) is 0 Å². The standard InChI is InChI=1S/C23H22ClF3N4O/c24-16-7-5-10-18(13-16)28-21-14-20(15-6-4-11-19(12-15)32-23(25,26)27)30-22(31-21)29-17-8-2-1-3-9-17/h4-7,10-14,17H,1-3,8-9H2,(H2,28,29,30,31). The lowest BCUT2D eigenvalue weighted by molar-refractivity contribution is -0.274. The van der Waals surface area contributed by atoms with E-state index in [9.17, 15) is 13.2 Å². The van der Waals surface area contributed by atoms with Crippen LogP contribution >= 0.6 is 11.6 Å². The number of nitrogens with one attached hydrogen (secondary N) is 2. The molecular formula is C23H22ClF3N4O. The predicted octanol–water partition coefficient (Wildman–Crippen LogP) is 7.18. The number of hydrogen-bond acceptors (Lipinski definition) is 5. The van der Waals surface area contributed by atoms with Crippen LogP contribution in [-0.2, 0) is 0 Å². The third-order valence-electron chi connectivity index (χ3n) is 5.12. The van der Waals surface area contributed by atoms with E-state index < -0.39 is 6.36 Å². The molecule has 0 atom stereocenters. The second kappa shape index (κ2) is 9.65. The summed E-state index contributed by atoms with van der Waals surface area (Å²) in [4.78, 5) is 9.14. The van der Waals surface area contributed by atoms with Gasteiger partial charge in [-0.1, -0.05) is 49.1 Å². The fraction of sp³-hybridized carbons (Fsp3) is 0.304. The molecule has 1 aliphatic rings. The molecule has 0 radical (unpaired) electrons. The van der Waals surface area contributed by atoms with Crippen molar-refractivity contribution in [3.05, 3.63) is 59.6 Å². The van der Waals surface area contributed by atoms with Crippen molar-refractivity contribution in [1.29, 1.82) is 0 Å². The van der Waals surface area contributed by atoms with Gasteiger partial charge in [-0.05, 0) is 43.2 Å². The highest BCUT2D eigenvalue weighted by atomic mass is 35.5. The monoisotopic (exact) mass is 462 g/mol. The Morgan fingerprint density at radius 1 is 0.938 bits per heavy atom. The Labute approximate surface area is 189 Å². The van der Waals surface area contributed by atoms with Crippen LogP contribution in [0.4, 0.5) is 30.6 Å². The first-order valence-corrected chi connectivity index (χ1v) is 10.8. The topological polar surface area (TPSA) is 59.1 Å². The Bertz CT molecular complexity index is 1070. The lowest BCUT2D eigenvalue weighted by Crippen LogP contribution is -2.23. The zero-order valence-electron chi connectivity index (χ0n) is 17.1. The molecule has 1 fully saturated rings. The summed E-state index contributed by atoms with van der Waals surface area (Å²) >= 11 is 6.08. The molecule has 4 rings (SSSR count). The first-order valence-electron chi connectivity index (χ1n) is 10.4. The van der Waals surface area contributed by atoms with E-state index in [4.69, 9.17) is 11.6 Å². The van der Waals surface area contributed by atoms with Crippen LogP contribution < -0.4 is 15.4 Å². The predicted molar refractivity (Wildman–Crippen MR) is 119 cm³/mol. The number of benzene rings is 2. The van der Waals surface area contributed by atoms with Crippen molar-refractivity contribution in [2.75, 3.05) is 10.6 Å². The Hall–Kier alpha value is -3.00. The number of ether oxygens (including phenoxy) is 1. The van der Waals surface area contributed by atoms with Gasteiger partial charge in [0.2, 0.25) is 5.95 Å². The molecule has 0 bridgehead atoms. The van der Waals surface area contributed by atoms with Crippen LogP contribution in [0.3, 0.4) is 0 Å². The molecule has 0 aliphatic heterocycles. The number of aromatic nitrogens is 2. The van der Waals surface area contributed by atoms with Crippen molar-refractivity contribution in [2.45, 2.75) is 44.5 Å². The van der Waals surface area contributed by atoms with E-state index >= 15 is 0 Å². The lowest BCUT2D eigenvalue weighted by atomic mass is 9.96. The summed E-state index contributed by atoms with van der Waals surface area (Å²) in [5, 5.41) is 7.15. The van der Waals surface area contributed by atoms with Crippen molar-refractivity contribution in [3.63, 3.8) is 0 Å². The molecule has 2 aromatic carbocycles. The summed E-state index contributed by atoms with van der Waals surface area (Å²) in [7, 11) is 0. The molecule has 0 saturated heterocycles. The minimum absolute atomic E-state index is 0.262. The minimum Gasteiger partial charge on any atom is -0.406 e. The SMILES string of the molecule is FC(F)(F)Oc1cccc(-c2cc(Nc3cccc(Cl)c3)nc(NC3CCCCC3)n2)c1. The zero-order valence-corrected chi connectivity index (χ0v) is 17.9.